The van der Waals surface area contributed by atoms with E-state index in [1.54, 1.807) is 20.2 Å². The number of ether oxygens (including phenoxy) is 1. The molecule has 1 rings (SSSR count). The summed E-state index contributed by atoms with van der Waals surface area (Å²) in [5.74, 6) is 1.90. The zero-order chi connectivity index (χ0) is 22.1. The van der Waals surface area contributed by atoms with Gasteiger partial charge >= 0.3 is 0 Å². The number of rotatable bonds is 6. The summed E-state index contributed by atoms with van der Waals surface area (Å²) in [5.41, 5.74) is 2.30. The Hall–Kier alpha value is -2.62. The lowest BCUT2D eigenvalue weighted by Gasteiger charge is -2.23. The predicted octanol–water partition coefficient (Wildman–Crippen LogP) is 5.78. The largest absolute Gasteiger partial charge is 0.502 e. The highest BCUT2D eigenvalue weighted by Crippen LogP contribution is 2.23. The summed E-state index contributed by atoms with van der Waals surface area (Å²) in [4.78, 5) is 10.3. The molecule has 28 heavy (non-hydrogen) atoms. The van der Waals surface area contributed by atoms with Crippen molar-refractivity contribution < 1.29 is 4.74 Å². The quantitative estimate of drug-likeness (QED) is 0.251. The Kier molecular flexibility index (Phi) is 16.3. The zero-order valence-corrected chi connectivity index (χ0v) is 19.1. The molecule has 0 spiro atoms. The van der Waals surface area contributed by atoms with E-state index < -0.39 is 0 Å². The van der Waals surface area contributed by atoms with Crippen LogP contribution in [0.15, 0.2) is 82.6 Å². The lowest BCUT2D eigenvalue weighted by atomic mass is 10.1. The molecule has 0 fully saturated rings. The van der Waals surface area contributed by atoms with Crippen molar-refractivity contribution in [3.8, 4) is 0 Å². The van der Waals surface area contributed by atoms with Crippen molar-refractivity contribution in [1.29, 1.82) is 0 Å². The number of nitrogens with zero attached hydrogens (tertiary/aromatic N) is 3. The number of hydrogen-bond acceptors (Lipinski definition) is 4. The van der Waals surface area contributed by atoms with Gasteiger partial charge in [0.05, 0.1) is 25.0 Å². The highest BCUT2D eigenvalue weighted by atomic mass is 16.5. The molecule has 4 nitrogen and oxygen atoms in total. The molecule has 1 heterocycles. The number of aliphatic imine (C=N–C) groups is 2. The first-order valence-corrected chi connectivity index (χ1v) is 9.29. The molecule has 0 bridgehead atoms. The predicted molar refractivity (Wildman–Crippen MR) is 127 cm³/mol. The number of likely N-dealkylation sites (N-methyl/N-ethyl adjacent to an activating group) is 1. The van der Waals surface area contributed by atoms with Crippen LogP contribution in [0.1, 0.15) is 34.6 Å². The van der Waals surface area contributed by atoms with Gasteiger partial charge in [0.15, 0.2) is 0 Å². The Bertz CT molecular complexity index is 632. The number of amidine groups is 1. The molecule has 1 aliphatic rings. The van der Waals surface area contributed by atoms with Gasteiger partial charge in [-0.05, 0) is 53.0 Å². The van der Waals surface area contributed by atoms with Gasteiger partial charge in [0.25, 0.3) is 0 Å². The molecule has 0 radical (unpaired) electrons. The highest BCUT2D eigenvalue weighted by molar-refractivity contribution is 5.99. The maximum atomic E-state index is 5.26. The fraction of sp³-hybridized carbons (Fsp3) is 0.417. The topological polar surface area (TPSA) is 37.2 Å². The smallest absolute Gasteiger partial charge is 0.127 e. The molecule has 0 aromatic heterocycles. The first-order chi connectivity index (χ1) is 13.2. The second-order valence-corrected chi connectivity index (χ2v) is 6.55. The van der Waals surface area contributed by atoms with Gasteiger partial charge in [-0.1, -0.05) is 48.6 Å². The number of methoxy groups -OCH3 is 1. The minimum absolute atomic E-state index is 0.0767. The third-order valence-electron chi connectivity index (χ3n) is 3.47. The maximum absolute atomic E-state index is 5.26. The SMILES string of the molecule is C=C(C)C.C=C/C=C\C=C(\C)C1=NC(/C=C(\C)OC)C(/C=C\C)N1C.C=NC. The minimum atomic E-state index is 0.0767. The Morgan fingerprint density at radius 2 is 1.75 bits per heavy atom. The van der Waals surface area contributed by atoms with Gasteiger partial charge in [-0.2, -0.15) is 0 Å². The van der Waals surface area contributed by atoms with Crippen LogP contribution in [-0.4, -0.2) is 50.7 Å². The third kappa shape index (κ3) is 11.9. The molecule has 4 heteroatoms. The summed E-state index contributed by atoms with van der Waals surface area (Å²) in [6.07, 6.45) is 14.0. The van der Waals surface area contributed by atoms with E-state index >= 15 is 0 Å². The maximum Gasteiger partial charge on any atom is 0.127 e. The van der Waals surface area contributed by atoms with Crippen molar-refractivity contribution in [2.45, 2.75) is 46.7 Å². The van der Waals surface area contributed by atoms with Gasteiger partial charge in [0.1, 0.15) is 5.84 Å². The van der Waals surface area contributed by atoms with E-state index in [1.807, 2.05) is 39.8 Å². The zero-order valence-electron chi connectivity index (χ0n) is 19.1. The van der Waals surface area contributed by atoms with Crippen LogP contribution in [0.3, 0.4) is 0 Å². The van der Waals surface area contributed by atoms with Gasteiger partial charge in [0.2, 0.25) is 0 Å². The molecule has 156 valence electrons. The standard InChI is InChI=1S/C18H26N2O.C4H8.C2H5N/c1-7-9-10-12-14(3)18-19-16(13-15(4)21-6)17(11-8-2)20(18)5;1-4(2)3;1-3-2/h7-13,16-17H,1H2,2-6H3;1H2,2-3H3;1H2,2H3/b10-9-,11-8-,14-12-,15-13+;;. The summed E-state index contributed by atoms with van der Waals surface area (Å²) >= 11 is 0. The molecule has 0 aromatic carbocycles. The first kappa shape index (κ1) is 27.6. The van der Waals surface area contributed by atoms with Gasteiger partial charge in [-0.15, -0.1) is 6.58 Å². The van der Waals surface area contributed by atoms with Gasteiger partial charge in [0, 0.05) is 14.1 Å². The fourth-order valence-corrected chi connectivity index (χ4v) is 2.30. The van der Waals surface area contributed by atoms with Crippen molar-refractivity contribution in [2.24, 2.45) is 9.98 Å². The molecule has 0 aliphatic carbocycles. The Balaban J connectivity index is 0. The second-order valence-electron chi connectivity index (χ2n) is 6.55. The van der Waals surface area contributed by atoms with Crippen molar-refractivity contribution in [3.05, 3.63) is 72.6 Å². The average Bonchev–Trinajstić information content (AvgIpc) is 2.92. The van der Waals surface area contributed by atoms with E-state index in [2.05, 4.69) is 68.0 Å². The fourth-order valence-electron chi connectivity index (χ4n) is 2.30. The van der Waals surface area contributed by atoms with Crippen LogP contribution in [0, 0.1) is 0 Å². The van der Waals surface area contributed by atoms with Crippen LogP contribution >= 0.6 is 0 Å². The van der Waals surface area contributed by atoms with Crippen LogP contribution in [0.5, 0.6) is 0 Å². The molecule has 0 saturated heterocycles. The molecule has 0 saturated carbocycles. The van der Waals surface area contributed by atoms with Gasteiger partial charge in [-0.25, -0.2) is 0 Å². The Labute approximate surface area is 173 Å². The Morgan fingerprint density at radius 3 is 2.18 bits per heavy atom. The summed E-state index contributed by atoms with van der Waals surface area (Å²) in [6.45, 7) is 20.3. The lowest BCUT2D eigenvalue weighted by molar-refractivity contribution is 0.289. The van der Waals surface area contributed by atoms with Crippen molar-refractivity contribution in [3.63, 3.8) is 0 Å². The van der Waals surface area contributed by atoms with E-state index in [-0.39, 0.29) is 12.1 Å². The highest BCUT2D eigenvalue weighted by Gasteiger charge is 2.31. The van der Waals surface area contributed by atoms with Crippen LogP contribution in [0.25, 0.3) is 0 Å². The normalized spacial score (nSPS) is 19.4. The van der Waals surface area contributed by atoms with Crippen molar-refractivity contribution in [2.75, 3.05) is 21.2 Å². The summed E-state index contributed by atoms with van der Waals surface area (Å²) in [5, 5.41) is 0. The molecule has 2 atom stereocenters. The van der Waals surface area contributed by atoms with Crippen LogP contribution < -0.4 is 0 Å². The number of hydrogen-bond donors (Lipinski definition) is 0. The molecule has 0 aromatic rings. The summed E-state index contributed by atoms with van der Waals surface area (Å²) < 4.78 is 5.26. The van der Waals surface area contributed by atoms with E-state index in [0.717, 1.165) is 17.2 Å². The van der Waals surface area contributed by atoms with Gasteiger partial charge < -0.3 is 14.6 Å². The summed E-state index contributed by atoms with van der Waals surface area (Å²) in [6, 6.07) is 0.301. The van der Waals surface area contributed by atoms with Crippen LogP contribution in [-0.2, 0) is 4.74 Å². The molecule has 1 aliphatic heterocycles. The molecular formula is C24H39N3O. The second kappa shape index (κ2) is 16.5. The van der Waals surface area contributed by atoms with E-state index in [9.17, 15) is 0 Å². The Morgan fingerprint density at radius 1 is 1.21 bits per heavy atom. The van der Waals surface area contributed by atoms with Crippen molar-refractivity contribution >= 4 is 12.6 Å². The lowest BCUT2D eigenvalue weighted by Crippen LogP contribution is -2.35. The average molecular weight is 386 g/mol. The summed E-state index contributed by atoms with van der Waals surface area (Å²) in [7, 11) is 5.40. The van der Waals surface area contributed by atoms with Crippen molar-refractivity contribution in [1.82, 2.24) is 4.90 Å². The van der Waals surface area contributed by atoms with Crippen LogP contribution in [0.2, 0.25) is 0 Å². The first-order valence-electron chi connectivity index (χ1n) is 9.29. The molecule has 2 unspecified atom stereocenters. The molecular weight excluding hydrogens is 346 g/mol. The minimum Gasteiger partial charge on any atom is -0.502 e. The molecule has 0 amide bonds. The monoisotopic (exact) mass is 385 g/mol. The van der Waals surface area contributed by atoms with E-state index in [0.29, 0.717) is 0 Å². The van der Waals surface area contributed by atoms with E-state index in [1.165, 1.54) is 5.57 Å². The molecule has 0 N–H and O–H groups in total. The number of allylic oxidation sites excluding steroid dienone is 7. The van der Waals surface area contributed by atoms with E-state index in [4.69, 9.17) is 9.73 Å². The van der Waals surface area contributed by atoms with Gasteiger partial charge in [-0.3, -0.25) is 4.99 Å². The third-order valence-corrected chi connectivity index (χ3v) is 3.47. The van der Waals surface area contributed by atoms with Crippen LogP contribution in [0.4, 0.5) is 0 Å².